The van der Waals surface area contributed by atoms with Gasteiger partial charge in [-0.1, -0.05) is 12.1 Å². The minimum atomic E-state index is 0.556. The van der Waals surface area contributed by atoms with Crippen LogP contribution >= 0.6 is 22.6 Å². The van der Waals surface area contributed by atoms with E-state index in [2.05, 4.69) is 27.9 Å². The lowest BCUT2D eigenvalue weighted by Gasteiger charge is -1.98. The van der Waals surface area contributed by atoms with Gasteiger partial charge >= 0.3 is 6.41 Å². The third kappa shape index (κ3) is 2.88. The van der Waals surface area contributed by atoms with E-state index >= 15 is 0 Å². The first-order chi connectivity index (χ1) is 5.33. The lowest BCUT2D eigenvalue weighted by molar-refractivity contribution is 0.542. The van der Waals surface area contributed by atoms with Gasteiger partial charge in [0, 0.05) is 10.1 Å². The number of nitrogens with one attached hydrogen (secondary N) is 1. The van der Waals surface area contributed by atoms with E-state index in [1.54, 1.807) is 6.41 Å². The summed E-state index contributed by atoms with van der Waals surface area (Å²) in [6.07, 6.45) is 1.63. The van der Waals surface area contributed by atoms with Crippen molar-refractivity contribution >= 4 is 29.0 Å². The summed E-state index contributed by atoms with van der Waals surface area (Å²) in [7, 11) is 0. The van der Waals surface area contributed by atoms with Crippen molar-refractivity contribution in [3.05, 3.63) is 33.4 Å². The van der Waals surface area contributed by atoms with Crippen LogP contribution in [0.2, 0.25) is 0 Å². The fourth-order valence-electron chi connectivity index (χ4n) is 0.785. The molecule has 1 radical (unpaired) electrons. The Bertz CT molecular complexity index is 250. The first kappa shape index (κ1) is 8.52. The average Bonchev–Trinajstić information content (AvgIpc) is 2.01. The minimum absolute atomic E-state index is 0.556. The predicted octanol–water partition coefficient (Wildman–Crippen LogP) is 1.45. The normalized spacial score (nSPS) is 9.18. The summed E-state index contributed by atoms with van der Waals surface area (Å²) < 4.78 is 1.17. The molecule has 0 heterocycles. The highest BCUT2D eigenvalue weighted by Gasteiger charge is 1.91. The van der Waals surface area contributed by atoms with E-state index in [4.69, 9.17) is 0 Å². The summed E-state index contributed by atoms with van der Waals surface area (Å²) in [4.78, 5) is 9.83. The quantitative estimate of drug-likeness (QED) is 0.646. The Kier molecular flexibility index (Phi) is 3.35. The molecule has 1 amide bonds. The molecule has 1 rings (SSSR count). The number of benzene rings is 1. The van der Waals surface area contributed by atoms with Gasteiger partial charge in [-0.05, 0) is 40.3 Å². The molecule has 0 bridgehead atoms. The summed E-state index contributed by atoms with van der Waals surface area (Å²) in [6.45, 7) is 0.556. The van der Waals surface area contributed by atoms with Crippen molar-refractivity contribution < 1.29 is 4.79 Å². The maximum atomic E-state index is 9.83. The number of carbonyl (C=O) groups excluding carboxylic acids is 1. The van der Waals surface area contributed by atoms with Gasteiger partial charge in [-0.3, -0.25) is 4.79 Å². The van der Waals surface area contributed by atoms with Crippen LogP contribution in [0, 0.1) is 3.57 Å². The number of hydrogen-bond acceptors (Lipinski definition) is 1. The topological polar surface area (TPSA) is 29.1 Å². The van der Waals surface area contributed by atoms with Gasteiger partial charge < -0.3 is 5.32 Å². The molecular weight excluding hydrogens is 253 g/mol. The van der Waals surface area contributed by atoms with Crippen LogP contribution in [0.4, 0.5) is 0 Å². The molecule has 0 aliphatic carbocycles. The molecule has 1 aromatic carbocycles. The zero-order chi connectivity index (χ0) is 8.10. The standard InChI is InChI=1S/C8H7INO/c9-8-3-1-2-7(4-8)5-10-6-11/h1-4H,5H2,(H,10,11). The summed E-state index contributed by atoms with van der Waals surface area (Å²) in [5, 5.41) is 2.48. The number of rotatable bonds is 3. The third-order valence-electron chi connectivity index (χ3n) is 1.25. The van der Waals surface area contributed by atoms with Crippen molar-refractivity contribution in [2.24, 2.45) is 0 Å². The van der Waals surface area contributed by atoms with E-state index in [0.29, 0.717) is 6.54 Å². The highest BCUT2D eigenvalue weighted by Crippen LogP contribution is 2.06. The Morgan fingerprint density at radius 1 is 1.55 bits per heavy atom. The lowest BCUT2D eigenvalue weighted by Crippen LogP contribution is -2.09. The Morgan fingerprint density at radius 3 is 3.00 bits per heavy atom. The first-order valence-electron chi connectivity index (χ1n) is 3.17. The fraction of sp³-hybridized carbons (Fsp3) is 0.125. The van der Waals surface area contributed by atoms with Crippen LogP contribution in [0.25, 0.3) is 0 Å². The van der Waals surface area contributed by atoms with Crippen LogP contribution in [0.5, 0.6) is 0 Å². The van der Waals surface area contributed by atoms with Crippen LogP contribution in [0.1, 0.15) is 5.56 Å². The third-order valence-corrected chi connectivity index (χ3v) is 1.92. The van der Waals surface area contributed by atoms with Gasteiger partial charge in [0.15, 0.2) is 0 Å². The highest BCUT2D eigenvalue weighted by atomic mass is 127. The van der Waals surface area contributed by atoms with Gasteiger partial charge in [0.25, 0.3) is 0 Å². The van der Waals surface area contributed by atoms with Crippen LogP contribution in [0.3, 0.4) is 0 Å². The largest absolute Gasteiger partial charge is 0.344 e. The smallest absolute Gasteiger partial charge is 0.309 e. The Morgan fingerprint density at radius 2 is 2.36 bits per heavy atom. The average molecular weight is 260 g/mol. The van der Waals surface area contributed by atoms with Crippen LogP contribution in [0.15, 0.2) is 24.3 Å². The lowest BCUT2D eigenvalue weighted by atomic mass is 10.2. The zero-order valence-electron chi connectivity index (χ0n) is 5.80. The molecule has 0 saturated heterocycles. The molecule has 1 N–H and O–H groups in total. The van der Waals surface area contributed by atoms with Crippen molar-refractivity contribution in [2.45, 2.75) is 6.54 Å². The van der Waals surface area contributed by atoms with Gasteiger partial charge in [0.05, 0.1) is 0 Å². The highest BCUT2D eigenvalue weighted by molar-refractivity contribution is 14.1. The van der Waals surface area contributed by atoms with Crippen LogP contribution in [-0.2, 0) is 11.3 Å². The van der Waals surface area contributed by atoms with Crippen LogP contribution in [-0.4, -0.2) is 6.41 Å². The van der Waals surface area contributed by atoms with E-state index < -0.39 is 0 Å². The summed E-state index contributed by atoms with van der Waals surface area (Å²) >= 11 is 2.23. The molecule has 0 unspecified atom stereocenters. The van der Waals surface area contributed by atoms with E-state index in [1.807, 2.05) is 24.3 Å². The SMILES string of the molecule is O=[C]NCc1cccc(I)c1. The van der Waals surface area contributed by atoms with Crippen molar-refractivity contribution in [3.63, 3.8) is 0 Å². The summed E-state index contributed by atoms with van der Waals surface area (Å²) in [6, 6.07) is 7.95. The zero-order valence-corrected chi connectivity index (χ0v) is 7.96. The van der Waals surface area contributed by atoms with E-state index in [9.17, 15) is 4.79 Å². The molecule has 0 aliphatic rings. The second kappa shape index (κ2) is 4.33. The summed E-state index contributed by atoms with van der Waals surface area (Å²) in [5.74, 6) is 0. The number of halogens is 1. The van der Waals surface area contributed by atoms with Crippen molar-refractivity contribution in [2.75, 3.05) is 0 Å². The van der Waals surface area contributed by atoms with Crippen molar-refractivity contribution in [1.82, 2.24) is 5.32 Å². The maximum absolute atomic E-state index is 9.83. The molecule has 2 nitrogen and oxygen atoms in total. The Labute approximate surface area is 79.1 Å². The molecule has 0 saturated carbocycles. The Hall–Kier alpha value is -0.580. The van der Waals surface area contributed by atoms with E-state index in [1.165, 1.54) is 3.57 Å². The van der Waals surface area contributed by atoms with Gasteiger partial charge in [-0.15, -0.1) is 0 Å². The molecule has 0 spiro atoms. The molecule has 57 valence electrons. The molecule has 0 aliphatic heterocycles. The molecule has 0 atom stereocenters. The second-order valence-corrected chi connectivity index (χ2v) is 3.33. The molecule has 0 fully saturated rings. The molecule has 11 heavy (non-hydrogen) atoms. The van der Waals surface area contributed by atoms with Gasteiger partial charge in [-0.25, -0.2) is 0 Å². The number of amides is 1. The maximum Gasteiger partial charge on any atom is 0.309 e. The van der Waals surface area contributed by atoms with Crippen LogP contribution < -0.4 is 5.32 Å². The monoisotopic (exact) mass is 260 g/mol. The second-order valence-electron chi connectivity index (χ2n) is 2.09. The minimum Gasteiger partial charge on any atom is -0.344 e. The number of hydrogen-bond donors (Lipinski definition) is 1. The van der Waals surface area contributed by atoms with Gasteiger partial charge in [-0.2, -0.15) is 0 Å². The fourth-order valence-corrected chi connectivity index (χ4v) is 1.39. The van der Waals surface area contributed by atoms with E-state index in [-0.39, 0.29) is 0 Å². The van der Waals surface area contributed by atoms with Crippen molar-refractivity contribution in [3.8, 4) is 0 Å². The van der Waals surface area contributed by atoms with Gasteiger partial charge in [0.2, 0.25) is 0 Å². The Balaban J connectivity index is 2.63. The first-order valence-corrected chi connectivity index (χ1v) is 4.25. The summed E-state index contributed by atoms with van der Waals surface area (Å²) in [5.41, 5.74) is 1.10. The predicted molar refractivity (Wildman–Crippen MR) is 51.7 cm³/mol. The molecule has 0 aromatic heterocycles. The molecular formula is C8H7INO. The van der Waals surface area contributed by atoms with E-state index in [0.717, 1.165) is 5.56 Å². The van der Waals surface area contributed by atoms with Gasteiger partial charge in [0.1, 0.15) is 0 Å². The molecule has 1 aromatic rings. The van der Waals surface area contributed by atoms with Crippen molar-refractivity contribution in [1.29, 1.82) is 0 Å². The molecule has 3 heteroatoms.